The molecular weight excluding hydrogens is 175 g/mol. The van der Waals surface area contributed by atoms with Crippen molar-refractivity contribution in [2.24, 2.45) is 5.92 Å². The summed E-state index contributed by atoms with van der Waals surface area (Å²) in [6, 6.07) is 0. The zero-order valence-electron chi connectivity index (χ0n) is 9.58. The molecule has 0 aromatic rings. The summed E-state index contributed by atoms with van der Waals surface area (Å²) >= 11 is 0. The van der Waals surface area contributed by atoms with Crippen LogP contribution in [0, 0.1) is 5.92 Å². The Morgan fingerprint density at radius 3 is 2.36 bits per heavy atom. The molecule has 1 atom stereocenters. The maximum absolute atomic E-state index is 5.17. The third-order valence-corrected chi connectivity index (χ3v) is 2.19. The molecular formula is C11H21BO2. The van der Waals surface area contributed by atoms with Crippen molar-refractivity contribution in [2.45, 2.75) is 26.1 Å². The Morgan fingerprint density at radius 1 is 1.43 bits per heavy atom. The number of hydrogen-bond donors (Lipinski definition) is 0. The molecule has 0 saturated carbocycles. The van der Waals surface area contributed by atoms with Crippen molar-refractivity contribution in [1.82, 2.24) is 0 Å². The fourth-order valence-electron chi connectivity index (χ4n) is 1.55. The van der Waals surface area contributed by atoms with E-state index in [2.05, 4.69) is 13.2 Å². The fourth-order valence-corrected chi connectivity index (χ4v) is 1.55. The second-order valence-corrected chi connectivity index (χ2v) is 3.69. The van der Waals surface area contributed by atoms with Crippen LogP contribution in [0.5, 0.6) is 0 Å². The highest BCUT2D eigenvalue weighted by Crippen LogP contribution is 2.21. The highest BCUT2D eigenvalue weighted by atomic mass is 16.6. The minimum atomic E-state index is -0.112. The summed E-state index contributed by atoms with van der Waals surface area (Å²) in [7, 11) is 3.22. The predicted molar refractivity (Wildman–Crippen MR) is 62.3 cm³/mol. The Balaban J connectivity index is 4.05. The lowest BCUT2D eigenvalue weighted by molar-refractivity contribution is 0.269. The molecule has 2 nitrogen and oxygen atoms in total. The summed E-state index contributed by atoms with van der Waals surface area (Å²) < 4.78 is 10.3. The van der Waals surface area contributed by atoms with Crippen LogP contribution >= 0.6 is 0 Å². The minimum Gasteiger partial charge on any atom is -0.414 e. The van der Waals surface area contributed by atoms with Gasteiger partial charge in [-0.1, -0.05) is 11.6 Å². The Bertz CT molecular complexity index is 176. The van der Waals surface area contributed by atoms with Crippen LogP contribution in [0.3, 0.4) is 0 Å². The van der Waals surface area contributed by atoms with Gasteiger partial charge in [-0.2, -0.15) is 0 Å². The Hall–Kier alpha value is -0.535. The maximum atomic E-state index is 5.17. The highest BCUT2D eigenvalue weighted by Gasteiger charge is 2.20. The maximum Gasteiger partial charge on any atom is 0.456 e. The molecule has 3 heteroatoms. The van der Waals surface area contributed by atoms with Crippen molar-refractivity contribution in [3.63, 3.8) is 0 Å². The quantitative estimate of drug-likeness (QED) is 0.439. The van der Waals surface area contributed by atoms with Crippen molar-refractivity contribution in [3.8, 4) is 0 Å². The lowest BCUT2D eigenvalue weighted by Gasteiger charge is -2.17. The molecule has 0 amide bonds. The van der Waals surface area contributed by atoms with Crippen LogP contribution in [-0.2, 0) is 9.31 Å². The first-order chi connectivity index (χ1) is 6.63. The van der Waals surface area contributed by atoms with E-state index in [1.165, 1.54) is 5.57 Å². The van der Waals surface area contributed by atoms with Gasteiger partial charge in [0, 0.05) is 14.2 Å². The molecule has 0 rings (SSSR count). The summed E-state index contributed by atoms with van der Waals surface area (Å²) in [6.07, 6.45) is 4.83. The molecule has 0 aliphatic carbocycles. The Labute approximate surface area is 88.1 Å². The van der Waals surface area contributed by atoms with Gasteiger partial charge in [-0.25, -0.2) is 0 Å². The van der Waals surface area contributed by atoms with E-state index in [4.69, 9.17) is 9.31 Å². The van der Waals surface area contributed by atoms with Crippen molar-refractivity contribution in [2.75, 3.05) is 14.2 Å². The van der Waals surface area contributed by atoms with Crippen LogP contribution in [0.25, 0.3) is 0 Å². The molecule has 0 aromatic heterocycles. The molecule has 0 N–H and O–H groups in total. The molecule has 0 bridgehead atoms. The average molecular weight is 196 g/mol. The van der Waals surface area contributed by atoms with Crippen LogP contribution in [0.15, 0.2) is 24.8 Å². The molecule has 0 fully saturated rings. The van der Waals surface area contributed by atoms with Gasteiger partial charge in [-0.15, -0.1) is 13.2 Å². The number of hydrogen-bond acceptors (Lipinski definition) is 2. The monoisotopic (exact) mass is 196 g/mol. The highest BCUT2D eigenvalue weighted by molar-refractivity contribution is 6.44. The third kappa shape index (κ3) is 6.00. The van der Waals surface area contributed by atoms with E-state index >= 15 is 0 Å². The molecule has 0 aliphatic rings. The first kappa shape index (κ1) is 13.5. The SMILES string of the molecule is C=CCC(CB(OC)OC)CC(=C)C. The van der Waals surface area contributed by atoms with E-state index in [0.717, 1.165) is 19.2 Å². The normalized spacial score (nSPS) is 12.2. The average Bonchev–Trinajstić information content (AvgIpc) is 2.13. The number of allylic oxidation sites excluding steroid dienone is 2. The molecule has 0 radical (unpaired) electrons. The van der Waals surface area contributed by atoms with Crippen LogP contribution in [0.4, 0.5) is 0 Å². The van der Waals surface area contributed by atoms with Gasteiger partial charge in [0.15, 0.2) is 0 Å². The van der Waals surface area contributed by atoms with Crippen molar-refractivity contribution in [1.29, 1.82) is 0 Å². The molecule has 0 spiro atoms. The molecule has 0 aromatic carbocycles. The lowest BCUT2D eigenvalue weighted by Crippen LogP contribution is -2.22. The molecule has 0 aliphatic heterocycles. The zero-order valence-corrected chi connectivity index (χ0v) is 9.58. The van der Waals surface area contributed by atoms with E-state index in [1.807, 2.05) is 13.0 Å². The Kier molecular flexibility index (Phi) is 7.53. The van der Waals surface area contributed by atoms with Gasteiger partial charge in [0.2, 0.25) is 0 Å². The molecule has 0 saturated heterocycles. The van der Waals surface area contributed by atoms with Crippen molar-refractivity contribution < 1.29 is 9.31 Å². The second-order valence-electron chi connectivity index (χ2n) is 3.69. The van der Waals surface area contributed by atoms with Gasteiger partial charge in [-0.05, 0) is 32.0 Å². The second kappa shape index (κ2) is 7.83. The largest absolute Gasteiger partial charge is 0.456 e. The van der Waals surface area contributed by atoms with E-state index in [1.54, 1.807) is 14.2 Å². The van der Waals surface area contributed by atoms with Crippen molar-refractivity contribution >= 4 is 7.12 Å². The third-order valence-electron chi connectivity index (χ3n) is 2.19. The van der Waals surface area contributed by atoms with E-state index < -0.39 is 0 Å². The number of rotatable bonds is 8. The van der Waals surface area contributed by atoms with Crippen molar-refractivity contribution in [3.05, 3.63) is 24.8 Å². The molecule has 0 heterocycles. The summed E-state index contributed by atoms with van der Waals surface area (Å²) in [4.78, 5) is 0. The fraction of sp³-hybridized carbons (Fsp3) is 0.636. The topological polar surface area (TPSA) is 18.5 Å². The lowest BCUT2D eigenvalue weighted by atomic mass is 9.74. The van der Waals surface area contributed by atoms with E-state index in [9.17, 15) is 0 Å². The standard InChI is InChI=1S/C11H21BO2/c1-6-7-11(8-10(2)3)9-12(13-4)14-5/h6,11H,1-2,7-9H2,3-5H3. The van der Waals surface area contributed by atoms with Crippen LogP contribution in [-0.4, -0.2) is 21.3 Å². The van der Waals surface area contributed by atoms with Gasteiger partial charge in [0.1, 0.15) is 0 Å². The predicted octanol–water partition coefficient (Wildman–Crippen LogP) is 2.93. The zero-order chi connectivity index (χ0) is 11.0. The first-order valence-corrected chi connectivity index (χ1v) is 4.94. The first-order valence-electron chi connectivity index (χ1n) is 4.94. The van der Waals surface area contributed by atoms with Gasteiger partial charge >= 0.3 is 7.12 Å². The summed E-state index contributed by atoms with van der Waals surface area (Å²) in [5, 5.41) is 0. The van der Waals surface area contributed by atoms with Crippen LogP contribution in [0.1, 0.15) is 19.8 Å². The summed E-state index contributed by atoms with van der Waals surface area (Å²) in [5.74, 6) is 0.523. The van der Waals surface area contributed by atoms with Crippen LogP contribution in [0.2, 0.25) is 6.32 Å². The van der Waals surface area contributed by atoms with Crippen LogP contribution < -0.4 is 0 Å². The smallest absolute Gasteiger partial charge is 0.414 e. The van der Waals surface area contributed by atoms with E-state index in [-0.39, 0.29) is 7.12 Å². The molecule has 14 heavy (non-hydrogen) atoms. The molecule has 80 valence electrons. The molecule has 1 unspecified atom stereocenters. The summed E-state index contributed by atoms with van der Waals surface area (Å²) in [5.41, 5.74) is 1.20. The Morgan fingerprint density at radius 2 is 2.00 bits per heavy atom. The van der Waals surface area contributed by atoms with Gasteiger partial charge in [0.05, 0.1) is 0 Å². The van der Waals surface area contributed by atoms with Gasteiger partial charge in [0.25, 0.3) is 0 Å². The van der Waals surface area contributed by atoms with Gasteiger partial charge < -0.3 is 9.31 Å². The van der Waals surface area contributed by atoms with Gasteiger partial charge in [-0.3, -0.25) is 0 Å². The van der Waals surface area contributed by atoms with E-state index in [0.29, 0.717) is 5.92 Å². The summed E-state index contributed by atoms with van der Waals surface area (Å²) in [6.45, 7) is 9.72. The minimum absolute atomic E-state index is 0.112.